The molecule has 1 atom stereocenters. The van der Waals surface area contributed by atoms with Crippen molar-refractivity contribution >= 4 is 5.91 Å². The van der Waals surface area contributed by atoms with Crippen LogP contribution < -0.4 is 0 Å². The van der Waals surface area contributed by atoms with E-state index in [4.69, 9.17) is 0 Å². The summed E-state index contributed by atoms with van der Waals surface area (Å²) in [4.78, 5) is 17.0. The molecule has 0 spiro atoms. The normalized spacial score (nSPS) is 12.2. The van der Waals surface area contributed by atoms with Crippen molar-refractivity contribution in [2.24, 2.45) is 5.92 Å². The third kappa shape index (κ3) is 3.29. The van der Waals surface area contributed by atoms with E-state index in [-0.39, 0.29) is 5.91 Å². The molecule has 3 nitrogen and oxygen atoms in total. The van der Waals surface area contributed by atoms with E-state index < -0.39 is 5.95 Å². The van der Waals surface area contributed by atoms with Crippen molar-refractivity contribution in [1.82, 2.24) is 9.88 Å². The Bertz CT molecular complexity index is 351. The molecule has 88 valence electrons. The summed E-state index contributed by atoms with van der Waals surface area (Å²) in [6, 6.07) is 2.65. The van der Waals surface area contributed by atoms with E-state index in [9.17, 15) is 9.18 Å². The first-order valence-corrected chi connectivity index (χ1v) is 5.41. The molecule has 0 bridgehead atoms. The number of halogens is 1. The quantitative estimate of drug-likeness (QED) is 0.735. The molecule has 1 rings (SSSR count). The van der Waals surface area contributed by atoms with Gasteiger partial charge in [-0.05, 0) is 18.1 Å². The molecule has 0 radical (unpaired) electrons. The average molecular weight is 224 g/mol. The summed E-state index contributed by atoms with van der Waals surface area (Å²) in [6.07, 6.45) is 2.30. The molecular weight excluding hydrogens is 207 g/mol. The fraction of sp³-hybridized carbons (Fsp3) is 0.500. The van der Waals surface area contributed by atoms with Gasteiger partial charge in [-0.1, -0.05) is 20.3 Å². The summed E-state index contributed by atoms with van der Waals surface area (Å²) in [7, 11) is 1.75. The maximum Gasteiger partial charge on any atom is 0.255 e. The summed E-state index contributed by atoms with van der Waals surface area (Å²) in [5.41, 5.74) is 0.423. The van der Waals surface area contributed by atoms with Crippen molar-refractivity contribution in [3.63, 3.8) is 0 Å². The Morgan fingerprint density at radius 1 is 1.56 bits per heavy atom. The Morgan fingerprint density at radius 3 is 2.75 bits per heavy atom. The standard InChI is InChI=1S/C12H17FN2O/c1-4-9(2)8-15(3)12(16)10-5-6-11(13)14-7-10/h5-7,9H,4,8H2,1-3H3. The zero-order valence-corrected chi connectivity index (χ0v) is 9.90. The topological polar surface area (TPSA) is 33.2 Å². The van der Waals surface area contributed by atoms with Crippen molar-refractivity contribution < 1.29 is 9.18 Å². The van der Waals surface area contributed by atoms with E-state index in [2.05, 4.69) is 18.8 Å². The fourth-order valence-corrected chi connectivity index (χ4v) is 1.40. The SMILES string of the molecule is CCC(C)CN(C)C(=O)c1ccc(F)nc1. The molecule has 0 saturated heterocycles. The highest BCUT2D eigenvalue weighted by molar-refractivity contribution is 5.93. The van der Waals surface area contributed by atoms with Crippen molar-refractivity contribution in [2.45, 2.75) is 20.3 Å². The molecule has 0 saturated carbocycles. The number of hydrogen-bond acceptors (Lipinski definition) is 2. The fourth-order valence-electron chi connectivity index (χ4n) is 1.40. The van der Waals surface area contributed by atoms with E-state index in [1.54, 1.807) is 11.9 Å². The monoisotopic (exact) mass is 224 g/mol. The molecule has 1 aromatic rings. The number of amides is 1. The molecule has 0 aliphatic heterocycles. The summed E-state index contributed by atoms with van der Waals surface area (Å²) >= 11 is 0. The van der Waals surface area contributed by atoms with Crippen LogP contribution in [0.4, 0.5) is 4.39 Å². The van der Waals surface area contributed by atoms with Gasteiger partial charge in [-0.2, -0.15) is 4.39 Å². The van der Waals surface area contributed by atoms with Crippen LogP contribution in [-0.4, -0.2) is 29.4 Å². The first-order valence-electron chi connectivity index (χ1n) is 5.41. The van der Waals surface area contributed by atoms with Gasteiger partial charge < -0.3 is 4.90 Å². The summed E-state index contributed by atoms with van der Waals surface area (Å²) < 4.78 is 12.6. The Labute approximate surface area is 95.3 Å². The molecule has 0 N–H and O–H groups in total. The van der Waals surface area contributed by atoms with Gasteiger partial charge in [0, 0.05) is 19.8 Å². The number of carbonyl (C=O) groups is 1. The lowest BCUT2D eigenvalue weighted by molar-refractivity contribution is 0.0774. The highest BCUT2D eigenvalue weighted by Crippen LogP contribution is 2.07. The molecule has 1 amide bonds. The molecule has 1 heterocycles. The molecule has 0 aromatic carbocycles. The van der Waals surface area contributed by atoms with E-state index >= 15 is 0 Å². The van der Waals surface area contributed by atoms with E-state index in [0.29, 0.717) is 18.0 Å². The minimum Gasteiger partial charge on any atom is -0.341 e. The van der Waals surface area contributed by atoms with E-state index in [0.717, 1.165) is 6.42 Å². The minimum absolute atomic E-state index is 0.118. The number of hydrogen-bond donors (Lipinski definition) is 0. The number of rotatable bonds is 4. The van der Waals surface area contributed by atoms with Crippen molar-refractivity contribution in [1.29, 1.82) is 0 Å². The van der Waals surface area contributed by atoms with Crippen LogP contribution in [-0.2, 0) is 0 Å². The molecule has 0 aliphatic rings. The molecule has 1 unspecified atom stereocenters. The van der Waals surface area contributed by atoms with Crippen molar-refractivity contribution in [2.75, 3.05) is 13.6 Å². The van der Waals surface area contributed by atoms with Crippen molar-refractivity contribution in [3.8, 4) is 0 Å². The van der Waals surface area contributed by atoms with E-state index in [1.807, 2.05) is 0 Å². The summed E-state index contributed by atoms with van der Waals surface area (Å²) in [5, 5.41) is 0. The molecular formula is C12H17FN2O. The average Bonchev–Trinajstić information content (AvgIpc) is 2.28. The Hall–Kier alpha value is -1.45. The maximum absolute atomic E-state index is 12.6. The van der Waals surface area contributed by atoms with Gasteiger partial charge in [0.15, 0.2) is 0 Å². The molecule has 0 aliphatic carbocycles. The van der Waals surface area contributed by atoms with Gasteiger partial charge in [0.1, 0.15) is 0 Å². The van der Waals surface area contributed by atoms with Crippen LogP contribution in [0.3, 0.4) is 0 Å². The first-order chi connectivity index (χ1) is 7.54. The smallest absolute Gasteiger partial charge is 0.255 e. The molecule has 4 heteroatoms. The first kappa shape index (κ1) is 12.6. The Balaban J connectivity index is 2.67. The number of nitrogens with zero attached hydrogens (tertiary/aromatic N) is 2. The zero-order chi connectivity index (χ0) is 12.1. The van der Waals surface area contributed by atoms with Crippen LogP contribution in [0.25, 0.3) is 0 Å². The highest BCUT2D eigenvalue weighted by Gasteiger charge is 2.13. The van der Waals surface area contributed by atoms with Crippen LogP contribution in [0.1, 0.15) is 30.6 Å². The lowest BCUT2D eigenvalue weighted by Crippen LogP contribution is -2.30. The van der Waals surface area contributed by atoms with Gasteiger partial charge in [-0.3, -0.25) is 4.79 Å². The Kier molecular flexibility index (Phi) is 4.40. The van der Waals surface area contributed by atoms with Gasteiger partial charge in [0.05, 0.1) is 5.56 Å². The zero-order valence-electron chi connectivity index (χ0n) is 9.90. The number of pyridine rings is 1. The molecule has 16 heavy (non-hydrogen) atoms. The summed E-state index contributed by atoms with van der Waals surface area (Å²) in [6.45, 7) is 4.88. The van der Waals surface area contributed by atoms with Gasteiger partial charge >= 0.3 is 0 Å². The maximum atomic E-state index is 12.6. The van der Waals surface area contributed by atoms with Crippen LogP contribution in [0, 0.1) is 11.9 Å². The predicted octanol–water partition coefficient (Wildman–Crippen LogP) is 2.34. The summed E-state index contributed by atoms with van der Waals surface area (Å²) in [5.74, 6) is -0.226. The van der Waals surface area contributed by atoms with Crippen LogP contribution >= 0.6 is 0 Å². The van der Waals surface area contributed by atoms with Gasteiger partial charge in [0.2, 0.25) is 5.95 Å². The molecule has 0 fully saturated rings. The largest absolute Gasteiger partial charge is 0.341 e. The third-order valence-electron chi connectivity index (χ3n) is 2.60. The second-order valence-corrected chi connectivity index (χ2v) is 4.07. The molecule has 1 aromatic heterocycles. The van der Waals surface area contributed by atoms with Crippen LogP contribution in [0.2, 0.25) is 0 Å². The number of aromatic nitrogens is 1. The minimum atomic E-state index is -0.568. The van der Waals surface area contributed by atoms with Crippen molar-refractivity contribution in [3.05, 3.63) is 29.8 Å². The van der Waals surface area contributed by atoms with Crippen LogP contribution in [0.5, 0.6) is 0 Å². The van der Waals surface area contributed by atoms with Gasteiger partial charge in [-0.15, -0.1) is 0 Å². The van der Waals surface area contributed by atoms with E-state index in [1.165, 1.54) is 18.3 Å². The number of carbonyl (C=O) groups excluding carboxylic acids is 1. The third-order valence-corrected chi connectivity index (χ3v) is 2.60. The lowest BCUT2D eigenvalue weighted by Gasteiger charge is -2.20. The lowest BCUT2D eigenvalue weighted by atomic mass is 10.1. The second-order valence-electron chi connectivity index (χ2n) is 4.07. The predicted molar refractivity (Wildman–Crippen MR) is 60.6 cm³/mol. The van der Waals surface area contributed by atoms with Gasteiger partial charge in [-0.25, -0.2) is 4.98 Å². The Morgan fingerprint density at radius 2 is 2.25 bits per heavy atom. The van der Waals surface area contributed by atoms with Crippen LogP contribution in [0.15, 0.2) is 18.3 Å². The van der Waals surface area contributed by atoms with Gasteiger partial charge in [0.25, 0.3) is 5.91 Å². The second kappa shape index (κ2) is 5.58. The highest BCUT2D eigenvalue weighted by atomic mass is 19.1.